The molecule has 0 saturated carbocycles. The van der Waals surface area contributed by atoms with Gasteiger partial charge in [-0.05, 0) is 37.6 Å². The van der Waals surface area contributed by atoms with Gasteiger partial charge in [-0.1, -0.05) is 11.6 Å². The third kappa shape index (κ3) is 4.54. The fourth-order valence-electron chi connectivity index (χ4n) is 1.25. The maximum absolute atomic E-state index is 11.5. The number of hydrogen-bond acceptors (Lipinski definition) is 4. The molecule has 7 heteroatoms. The molecular formula is C11H14ClNO4S. The van der Waals surface area contributed by atoms with Crippen molar-refractivity contribution in [1.29, 1.82) is 0 Å². The molecule has 0 aliphatic heterocycles. The Hall–Kier alpha value is -1.27. The van der Waals surface area contributed by atoms with Crippen LogP contribution >= 0.6 is 11.6 Å². The molecule has 1 N–H and O–H groups in total. The summed E-state index contributed by atoms with van der Waals surface area (Å²) >= 11 is 5.79. The minimum Gasteiger partial charge on any atom is -0.481 e. The summed E-state index contributed by atoms with van der Waals surface area (Å²) in [5.74, 6) is -0.234. The summed E-state index contributed by atoms with van der Waals surface area (Å²) in [6.45, 7) is 3.25. The Labute approximate surface area is 111 Å². The molecule has 0 fully saturated rings. The number of nitrogens with one attached hydrogen (secondary N) is 1. The van der Waals surface area contributed by atoms with E-state index in [1.807, 2.05) is 4.72 Å². The largest absolute Gasteiger partial charge is 0.481 e. The van der Waals surface area contributed by atoms with Gasteiger partial charge < -0.3 is 4.74 Å². The highest BCUT2D eigenvalue weighted by atomic mass is 35.5. The van der Waals surface area contributed by atoms with Crippen LogP contribution in [0.5, 0.6) is 5.75 Å². The van der Waals surface area contributed by atoms with Crippen molar-refractivity contribution in [2.24, 2.45) is 0 Å². The van der Waals surface area contributed by atoms with E-state index in [9.17, 15) is 13.2 Å². The SMILES string of the molecule is Cc1cc(Cl)ccc1O[C@H](C)C(=O)NS(C)(=O)=O. The molecule has 0 radical (unpaired) electrons. The van der Waals surface area contributed by atoms with Crippen LogP contribution in [-0.2, 0) is 14.8 Å². The number of amides is 1. The van der Waals surface area contributed by atoms with Gasteiger partial charge >= 0.3 is 0 Å². The van der Waals surface area contributed by atoms with E-state index in [0.29, 0.717) is 10.8 Å². The van der Waals surface area contributed by atoms with Crippen molar-refractivity contribution in [3.63, 3.8) is 0 Å². The van der Waals surface area contributed by atoms with Crippen molar-refractivity contribution < 1.29 is 17.9 Å². The smallest absolute Gasteiger partial charge is 0.274 e. The van der Waals surface area contributed by atoms with Crippen LogP contribution in [0, 0.1) is 6.92 Å². The predicted octanol–water partition coefficient (Wildman–Crippen LogP) is 1.49. The second kappa shape index (κ2) is 5.58. The molecule has 18 heavy (non-hydrogen) atoms. The van der Waals surface area contributed by atoms with Gasteiger partial charge in [-0.25, -0.2) is 8.42 Å². The second-order valence-corrected chi connectivity index (χ2v) is 6.09. The van der Waals surface area contributed by atoms with Gasteiger partial charge in [-0.2, -0.15) is 0 Å². The molecule has 1 rings (SSSR count). The Morgan fingerprint density at radius 1 is 1.44 bits per heavy atom. The van der Waals surface area contributed by atoms with Gasteiger partial charge in [0.2, 0.25) is 10.0 Å². The van der Waals surface area contributed by atoms with Gasteiger partial charge in [0.25, 0.3) is 5.91 Å². The number of carbonyl (C=O) groups is 1. The highest BCUT2D eigenvalue weighted by Crippen LogP contribution is 2.22. The van der Waals surface area contributed by atoms with E-state index >= 15 is 0 Å². The second-order valence-electron chi connectivity index (χ2n) is 3.91. The summed E-state index contributed by atoms with van der Waals surface area (Å²) in [5.41, 5.74) is 0.765. The molecule has 5 nitrogen and oxygen atoms in total. The highest BCUT2D eigenvalue weighted by molar-refractivity contribution is 7.89. The molecule has 0 heterocycles. The van der Waals surface area contributed by atoms with E-state index in [1.165, 1.54) is 6.92 Å². The molecule has 1 aromatic carbocycles. The summed E-state index contributed by atoms with van der Waals surface area (Å²) in [6.07, 6.45) is -0.00914. The lowest BCUT2D eigenvalue weighted by Crippen LogP contribution is -2.39. The lowest BCUT2D eigenvalue weighted by atomic mass is 10.2. The van der Waals surface area contributed by atoms with Crippen LogP contribution in [-0.4, -0.2) is 26.7 Å². The number of carbonyl (C=O) groups excluding carboxylic acids is 1. The summed E-state index contributed by atoms with van der Waals surface area (Å²) in [5, 5.41) is 0.563. The van der Waals surface area contributed by atoms with Crippen molar-refractivity contribution in [1.82, 2.24) is 4.72 Å². The number of halogens is 1. The molecule has 0 saturated heterocycles. The van der Waals surface area contributed by atoms with E-state index in [-0.39, 0.29) is 0 Å². The van der Waals surface area contributed by atoms with Crippen LogP contribution in [0.4, 0.5) is 0 Å². The molecule has 0 spiro atoms. The lowest BCUT2D eigenvalue weighted by molar-refractivity contribution is -0.125. The van der Waals surface area contributed by atoms with Crippen molar-refractivity contribution in [2.75, 3.05) is 6.26 Å². The minimum absolute atomic E-state index is 0.482. The number of rotatable bonds is 4. The van der Waals surface area contributed by atoms with Gasteiger partial charge in [0.1, 0.15) is 5.75 Å². The monoisotopic (exact) mass is 291 g/mol. The predicted molar refractivity (Wildman–Crippen MR) is 69.3 cm³/mol. The fraction of sp³-hybridized carbons (Fsp3) is 0.364. The molecule has 0 unspecified atom stereocenters. The van der Waals surface area contributed by atoms with Crippen molar-refractivity contribution in [3.8, 4) is 5.75 Å². The molecule has 0 aliphatic carbocycles. The molecule has 0 bridgehead atoms. The summed E-state index contributed by atoms with van der Waals surface area (Å²) in [7, 11) is -3.58. The van der Waals surface area contributed by atoms with Crippen LogP contribution in [0.15, 0.2) is 18.2 Å². The average molecular weight is 292 g/mol. The lowest BCUT2D eigenvalue weighted by Gasteiger charge is -2.15. The molecule has 1 atom stereocenters. The van der Waals surface area contributed by atoms with E-state index in [0.717, 1.165) is 11.8 Å². The molecule has 1 aromatic rings. The first-order valence-electron chi connectivity index (χ1n) is 5.13. The molecule has 0 aromatic heterocycles. The standard InChI is InChI=1S/C11H14ClNO4S/c1-7-6-9(12)4-5-10(7)17-8(2)11(14)13-18(3,15)16/h4-6,8H,1-3H3,(H,13,14)/t8-/m1/s1. The zero-order chi connectivity index (χ0) is 13.9. The molecule has 0 aliphatic rings. The summed E-state index contributed by atoms with van der Waals surface area (Å²) in [4.78, 5) is 11.5. The summed E-state index contributed by atoms with van der Waals surface area (Å²) < 4.78 is 29.0. The average Bonchev–Trinajstić information content (AvgIpc) is 2.19. The van der Waals surface area contributed by atoms with E-state index in [2.05, 4.69) is 0 Å². The zero-order valence-electron chi connectivity index (χ0n) is 10.2. The third-order valence-electron chi connectivity index (χ3n) is 2.10. The third-order valence-corrected chi connectivity index (χ3v) is 2.90. The number of hydrogen-bond donors (Lipinski definition) is 1. The summed E-state index contributed by atoms with van der Waals surface area (Å²) in [6, 6.07) is 4.95. The number of aryl methyl sites for hydroxylation is 1. The van der Waals surface area contributed by atoms with Gasteiger partial charge in [0, 0.05) is 5.02 Å². The first kappa shape index (κ1) is 14.8. The Morgan fingerprint density at radius 2 is 2.06 bits per heavy atom. The van der Waals surface area contributed by atoms with Gasteiger partial charge in [-0.15, -0.1) is 0 Å². The van der Waals surface area contributed by atoms with Crippen LogP contribution in [0.2, 0.25) is 5.02 Å². The quantitative estimate of drug-likeness (QED) is 0.912. The van der Waals surface area contributed by atoms with Crippen LogP contribution < -0.4 is 9.46 Å². The van der Waals surface area contributed by atoms with Gasteiger partial charge in [0.15, 0.2) is 6.10 Å². The first-order valence-corrected chi connectivity index (χ1v) is 7.40. The maximum atomic E-state index is 11.5. The van der Waals surface area contributed by atoms with Crippen molar-refractivity contribution in [2.45, 2.75) is 20.0 Å². The van der Waals surface area contributed by atoms with E-state index in [4.69, 9.17) is 16.3 Å². The van der Waals surface area contributed by atoms with Crippen LogP contribution in [0.25, 0.3) is 0 Å². The minimum atomic E-state index is -3.58. The maximum Gasteiger partial charge on any atom is 0.274 e. The number of sulfonamides is 1. The number of benzene rings is 1. The molecular weight excluding hydrogens is 278 g/mol. The highest BCUT2D eigenvalue weighted by Gasteiger charge is 2.18. The normalized spacial score (nSPS) is 12.9. The first-order chi connectivity index (χ1) is 8.19. The van der Waals surface area contributed by atoms with Gasteiger partial charge in [-0.3, -0.25) is 9.52 Å². The van der Waals surface area contributed by atoms with Crippen molar-refractivity contribution >= 4 is 27.5 Å². The van der Waals surface area contributed by atoms with Crippen LogP contribution in [0.3, 0.4) is 0 Å². The Bertz CT molecular complexity index is 556. The van der Waals surface area contributed by atoms with E-state index in [1.54, 1.807) is 25.1 Å². The Morgan fingerprint density at radius 3 is 2.56 bits per heavy atom. The molecule has 100 valence electrons. The fourth-order valence-corrected chi connectivity index (χ4v) is 2.01. The van der Waals surface area contributed by atoms with Crippen molar-refractivity contribution in [3.05, 3.63) is 28.8 Å². The zero-order valence-corrected chi connectivity index (χ0v) is 11.8. The van der Waals surface area contributed by atoms with Gasteiger partial charge in [0.05, 0.1) is 6.26 Å². The Kier molecular flexibility index (Phi) is 4.59. The van der Waals surface area contributed by atoms with E-state index < -0.39 is 22.0 Å². The Balaban J connectivity index is 2.75. The number of ether oxygens (including phenoxy) is 1. The van der Waals surface area contributed by atoms with Crippen LogP contribution in [0.1, 0.15) is 12.5 Å². The topological polar surface area (TPSA) is 72.5 Å². The molecule has 1 amide bonds.